The summed E-state index contributed by atoms with van der Waals surface area (Å²) in [5, 5.41) is 11.0. The van der Waals surface area contributed by atoms with E-state index in [2.05, 4.69) is 6.07 Å². The van der Waals surface area contributed by atoms with Gasteiger partial charge in [-0.2, -0.15) is 0 Å². The lowest BCUT2D eigenvalue weighted by molar-refractivity contribution is -0.304. The van der Waals surface area contributed by atoms with Crippen molar-refractivity contribution in [2.75, 3.05) is 0 Å². The first-order valence-corrected chi connectivity index (χ1v) is 3.82. The molecule has 1 heteroatoms. The highest BCUT2D eigenvalue weighted by Gasteiger charge is 2.02. The van der Waals surface area contributed by atoms with Crippen LogP contribution in [0.15, 0.2) is 30.0 Å². The van der Waals surface area contributed by atoms with E-state index in [0.29, 0.717) is 6.42 Å². The molecule has 0 aromatic heterocycles. The third-order valence-corrected chi connectivity index (χ3v) is 2.01. The van der Waals surface area contributed by atoms with Crippen molar-refractivity contribution in [3.8, 4) is 0 Å². The van der Waals surface area contributed by atoms with E-state index < -0.39 is 0 Å². The summed E-state index contributed by atoms with van der Waals surface area (Å²) in [5.41, 5.74) is 2.40. The highest BCUT2D eigenvalue weighted by Crippen LogP contribution is 2.20. The van der Waals surface area contributed by atoms with Crippen molar-refractivity contribution in [3.63, 3.8) is 0 Å². The summed E-state index contributed by atoms with van der Waals surface area (Å²) in [6, 6.07) is 8.06. The minimum absolute atomic E-state index is 0.253. The molecule has 0 bridgehead atoms. The summed E-state index contributed by atoms with van der Waals surface area (Å²) in [6.07, 6.45) is 3.32. The van der Waals surface area contributed by atoms with Crippen LogP contribution in [0.1, 0.15) is 17.5 Å². The summed E-state index contributed by atoms with van der Waals surface area (Å²) >= 11 is 0. The normalized spacial score (nSPS) is 15.5. The Morgan fingerprint density at radius 2 is 1.91 bits per heavy atom. The molecule has 1 aromatic rings. The smallest absolute Gasteiger partial charge is 0.0234 e. The molecule has 0 aliphatic heterocycles. The molecule has 0 N–H and O–H groups in total. The van der Waals surface area contributed by atoms with Crippen LogP contribution in [0.25, 0.3) is 6.08 Å². The van der Waals surface area contributed by atoms with Gasteiger partial charge in [-0.1, -0.05) is 30.3 Å². The van der Waals surface area contributed by atoms with Crippen LogP contribution in [-0.2, 0) is 6.42 Å². The molecule has 0 heterocycles. The Morgan fingerprint density at radius 3 is 2.82 bits per heavy atom. The number of hydrogen-bond donors (Lipinski definition) is 0. The van der Waals surface area contributed by atoms with Gasteiger partial charge in [0.2, 0.25) is 0 Å². The maximum absolute atomic E-state index is 11.0. The molecule has 1 aliphatic carbocycles. The quantitative estimate of drug-likeness (QED) is 0.540. The highest BCUT2D eigenvalue weighted by atomic mass is 16.3. The second-order valence-corrected chi connectivity index (χ2v) is 2.81. The van der Waals surface area contributed by atoms with E-state index in [1.807, 2.05) is 18.2 Å². The summed E-state index contributed by atoms with van der Waals surface area (Å²) in [7, 11) is 0. The molecule has 0 spiro atoms. The molecule has 0 radical (unpaired) electrons. The van der Waals surface area contributed by atoms with E-state index in [4.69, 9.17) is 0 Å². The van der Waals surface area contributed by atoms with Crippen LogP contribution in [-0.4, -0.2) is 0 Å². The van der Waals surface area contributed by atoms with Crippen LogP contribution in [0, 0.1) is 0 Å². The Morgan fingerprint density at radius 1 is 1.09 bits per heavy atom. The fourth-order valence-electron chi connectivity index (χ4n) is 1.41. The average molecular weight is 145 g/mol. The maximum Gasteiger partial charge on any atom is -0.0234 e. The Hall–Kier alpha value is -1.24. The fraction of sp³-hybridized carbons (Fsp3) is 0.200. The third-order valence-electron chi connectivity index (χ3n) is 2.01. The number of benzene rings is 1. The van der Waals surface area contributed by atoms with Gasteiger partial charge in [0.1, 0.15) is 0 Å². The second-order valence-electron chi connectivity index (χ2n) is 2.81. The summed E-state index contributed by atoms with van der Waals surface area (Å²) in [6.45, 7) is 0. The Balaban J connectivity index is 2.51. The standard InChI is InChI=1S/C10H10O/c11-10-6-5-8-3-1-2-4-9(8)7-10/h1-4,7,11H,5-6H2/p-1. The molecule has 56 valence electrons. The van der Waals surface area contributed by atoms with Gasteiger partial charge in [-0.3, -0.25) is 0 Å². The van der Waals surface area contributed by atoms with Crippen molar-refractivity contribution in [2.45, 2.75) is 12.8 Å². The largest absolute Gasteiger partial charge is 0.875 e. The molecule has 1 aliphatic rings. The minimum Gasteiger partial charge on any atom is -0.875 e. The van der Waals surface area contributed by atoms with Crippen LogP contribution in [0.2, 0.25) is 0 Å². The summed E-state index contributed by atoms with van der Waals surface area (Å²) in [4.78, 5) is 0. The molecular formula is C10H9O-. The molecule has 0 saturated carbocycles. The molecule has 0 fully saturated rings. The monoisotopic (exact) mass is 145 g/mol. The number of hydrogen-bond acceptors (Lipinski definition) is 1. The Bertz CT molecular complexity index is 299. The molecule has 1 aromatic carbocycles. The van der Waals surface area contributed by atoms with Crippen molar-refractivity contribution < 1.29 is 5.11 Å². The zero-order chi connectivity index (χ0) is 7.68. The van der Waals surface area contributed by atoms with E-state index in [1.165, 1.54) is 5.56 Å². The SMILES string of the molecule is [O-]C1=Cc2ccccc2CC1. The lowest BCUT2D eigenvalue weighted by atomic mass is 9.97. The number of allylic oxidation sites excluding steroid dienone is 1. The molecule has 11 heavy (non-hydrogen) atoms. The topological polar surface area (TPSA) is 23.1 Å². The van der Waals surface area contributed by atoms with Crippen LogP contribution < -0.4 is 5.11 Å². The van der Waals surface area contributed by atoms with Gasteiger partial charge in [-0.25, -0.2) is 0 Å². The zero-order valence-electron chi connectivity index (χ0n) is 6.21. The zero-order valence-corrected chi connectivity index (χ0v) is 6.21. The van der Waals surface area contributed by atoms with Gasteiger partial charge < -0.3 is 5.11 Å². The number of fused-ring (bicyclic) bond motifs is 1. The molecule has 0 atom stereocenters. The fourth-order valence-corrected chi connectivity index (χ4v) is 1.41. The van der Waals surface area contributed by atoms with Crippen molar-refractivity contribution in [2.24, 2.45) is 0 Å². The number of rotatable bonds is 0. The Labute approximate surface area is 66.0 Å². The van der Waals surface area contributed by atoms with Crippen LogP contribution >= 0.6 is 0 Å². The maximum atomic E-state index is 11.0. The average Bonchev–Trinajstić information content (AvgIpc) is 2.04. The molecular weight excluding hydrogens is 136 g/mol. The van der Waals surface area contributed by atoms with Gasteiger partial charge >= 0.3 is 0 Å². The van der Waals surface area contributed by atoms with Gasteiger partial charge in [0.15, 0.2) is 0 Å². The molecule has 0 saturated heterocycles. The lowest BCUT2D eigenvalue weighted by Crippen LogP contribution is -2.09. The second kappa shape index (κ2) is 2.42. The van der Waals surface area contributed by atoms with Gasteiger partial charge in [0.25, 0.3) is 0 Å². The van der Waals surface area contributed by atoms with Crippen LogP contribution in [0.3, 0.4) is 0 Å². The number of aryl methyl sites for hydroxylation is 1. The molecule has 0 amide bonds. The summed E-state index contributed by atoms with van der Waals surface area (Å²) in [5.74, 6) is 0.253. The van der Waals surface area contributed by atoms with E-state index in [1.54, 1.807) is 6.08 Å². The van der Waals surface area contributed by atoms with Gasteiger partial charge in [0, 0.05) is 0 Å². The van der Waals surface area contributed by atoms with Gasteiger partial charge in [-0.05, 0) is 24.0 Å². The predicted octanol–water partition coefficient (Wildman–Crippen LogP) is 1.33. The summed E-state index contributed by atoms with van der Waals surface area (Å²) < 4.78 is 0. The van der Waals surface area contributed by atoms with Crippen LogP contribution in [0.5, 0.6) is 0 Å². The Kier molecular flexibility index (Phi) is 1.42. The molecule has 2 rings (SSSR count). The van der Waals surface area contributed by atoms with Crippen molar-refractivity contribution in [3.05, 3.63) is 41.2 Å². The van der Waals surface area contributed by atoms with Crippen molar-refractivity contribution in [1.29, 1.82) is 0 Å². The minimum atomic E-state index is 0.253. The van der Waals surface area contributed by atoms with Gasteiger partial charge in [0.05, 0.1) is 0 Å². The van der Waals surface area contributed by atoms with E-state index in [0.717, 1.165) is 12.0 Å². The van der Waals surface area contributed by atoms with Crippen molar-refractivity contribution >= 4 is 6.08 Å². The van der Waals surface area contributed by atoms with Crippen molar-refractivity contribution in [1.82, 2.24) is 0 Å². The van der Waals surface area contributed by atoms with E-state index in [9.17, 15) is 5.11 Å². The highest BCUT2D eigenvalue weighted by molar-refractivity contribution is 5.57. The first kappa shape index (κ1) is 6.47. The van der Waals surface area contributed by atoms with Crippen LogP contribution in [0.4, 0.5) is 0 Å². The lowest BCUT2D eigenvalue weighted by Gasteiger charge is -2.19. The first-order valence-electron chi connectivity index (χ1n) is 3.82. The van der Waals surface area contributed by atoms with Gasteiger partial charge in [-0.15, -0.1) is 5.76 Å². The molecule has 1 nitrogen and oxygen atoms in total. The first-order chi connectivity index (χ1) is 5.36. The van der Waals surface area contributed by atoms with E-state index >= 15 is 0 Å². The predicted molar refractivity (Wildman–Crippen MR) is 42.7 cm³/mol. The molecule has 0 unspecified atom stereocenters. The third kappa shape index (κ3) is 1.14. The van der Waals surface area contributed by atoms with E-state index in [-0.39, 0.29) is 5.76 Å².